The van der Waals surface area contributed by atoms with E-state index in [1.165, 1.54) is 12.1 Å². The summed E-state index contributed by atoms with van der Waals surface area (Å²) in [5.74, 6) is -0.580. The SMILES string of the molecule is O=C(Cc1cnc2[nH]c(-c3ccccc3)cc2c1)c1n[nH]c2ccc(F)cc12. The minimum Gasteiger partial charge on any atom is -0.339 e. The van der Waals surface area contributed by atoms with Crippen LogP contribution in [-0.4, -0.2) is 25.9 Å². The van der Waals surface area contributed by atoms with Gasteiger partial charge in [0.05, 0.1) is 5.52 Å². The third-order valence-electron chi connectivity index (χ3n) is 4.77. The van der Waals surface area contributed by atoms with Gasteiger partial charge >= 0.3 is 0 Å². The number of aromatic nitrogens is 4. The molecule has 0 amide bonds. The number of nitrogens with one attached hydrogen (secondary N) is 2. The molecule has 0 aliphatic heterocycles. The van der Waals surface area contributed by atoms with E-state index in [0.29, 0.717) is 10.9 Å². The van der Waals surface area contributed by atoms with Gasteiger partial charge in [-0.05, 0) is 41.5 Å². The molecule has 0 atom stereocenters. The number of fused-ring (bicyclic) bond motifs is 2. The first-order valence-electron chi connectivity index (χ1n) is 8.87. The van der Waals surface area contributed by atoms with E-state index < -0.39 is 5.82 Å². The summed E-state index contributed by atoms with van der Waals surface area (Å²) < 4.78 is 13.5. The van der Waals surface area contributed by atoms with Crippen molar-refractivity contribution in [1.82, 2.24) is 20.2 Å². The number of carbonyl (C=O) groups is 1. The van der Waals surface area contributed by atoms with E-state index in [4.69, 9.17) is 0 Å². The Labute approximate surface area is 159 Å². The molecule has 5 rings (SSSR count). The number of halogens is 1. The Morgan fingerprint density at radius 1 is 1.04 bits per heavy atom. The predicted molar refractivity (Wildman–Crippen MR) is 106 cm³/mol. The zero-order chi connectivity index (χ0) is 19.1. The Balaban J connectivity index is 1.46. The van der Waals surface area contributed by atoms with Gasteiger partial charge in [-0.25, -0.2) is 9.37 Å². The van der Waals surface area contributed by atoms with Crippen molar-refractivity contribution in [1.29, 1.82) is 0 Å². The summed E-state index contributed by atoms with van der Waals surface area (Å²) in [5, 5.41) is 8.27. The number of Topliss-reactive ketones (excluding diaryl/α,β-unsaturated/α-hetero) is 1. The van der Waals surface area contributed by atoms with Crippen LogP contribution in [0, 0.1) is 5.82 Å². The average Bonchev–Trinajstić information content (AvgIpc) is 3.32. The molecule has 0 spiro atoms. The highest BCUT2D eigenvalue weighted by molar-refractivity contribution is 6.06. The second-order valence-electron chi connectivity index (χ2n) is 6.69. The van der Waals surface area contributed by atoms with Crippen molar-refractivity contribution < 1.29 is 9.18 Å². The highest BCUT2D eigenvalue weighted by Gasteiger charge is 2.16. The fourth-order valence-electron chi connectivity index (χ4n) is 3.40. The number of hydrogen-bond donors (Lipinski definition) is 2. The third kappa shape index (κ3) is 2.85. The molecular weight excluding hydrogens is 355 g/mol. The largest absolute Gasteiger partial charge is 0.339 e. The van der Waals surface area contributed by atoms with Gasteiger partial charge in [-0.15, -0.1) is 0 Å². The van der Waals surface area contributed by atoms with Gasteiger partial charge in [0.25, 0.3) is 0 Å². The van der Waals surface area contributed by atoms with Crippen LogP contribution < -0.4 is 0 Å². The minimum absolute atomic E-state index is 0.144. The van der Waals surface area contributed by atoms with Crippen molar-refractivity contribution in [3.63, 3.8) is 0 Å². The Kier molecular flexibility index (Phi) is 3.76. The second kappa shape index (κ2) is 6.42. The fourth-order valence-corrected chi connectivity index (χ4v) is 3.40. The molecule has 28 heavy (non-hydrogen) atoms. The van der Waals surface area contributed by atoms with Crippen LogP contribution in [0.5, 0.6) is 0 Å². The zero-order valence-corrected chi connectivity index (χ0v) is 14.7. The normalized spacial score (nSPS) is 11.3. The molecular formula is C22H15FN4O. The molecule has 136 valence electrons. The average molecular weight is 370 g/mol. The van der Waals surface area contributed by atoms with Crippen LogP contribution in [0.3, 0.4) is 0 Å². The molecule has 0 radical (unpaired) electrons. The Morgan fingerprint density at radius 3 is 2.75 bits per heavy atom. The van der Waals surface area contributed by atoms with Crippen LogP contribution in [-0.2, 0) is 6.42 Å². The summed E-state index contributed by atoms with van der Waals surface area (Å²) >= 11 is 0. The number of nitrogens with zero attached hydrogens (tertiary/aromatic N) is 2. The van der Waals surface area contributed by atoms with E-state index in [2.05, 4.69) is 20.2 Å². The maximum Gasteiger partial charge on any atom is 0.188 e. The molecule has 2 N–H and O–H groups in total. The van der Waals surface area contributed by atoms with E-state index in [0.717, 1.165) is 27.9 Å². The van der Waals surface area contributed by atoms with Crippen LogP contribution >= 0.6 is 0 Å². The molecule has 0 unspecified atom stereocenters. The van der Waals surface area contributed by atoms with Gasteiger partial charge in [-0.2, -0.15) is 5.10 Å². The van der Waals surface area contributed by atoms with Crippen LogP contribution in [0.4, 0.5) is 4.39 Å². The molecule has 0 bridgehead atoms. The lowest BCUT2D eigenvalue weighted by Crippen LogP contribution is -2.05. The number of pyridine rings is 1. The first-order valence-corrected chi connectivity index (χ1v) is 8.87. The summed E-state index contributed by atoms with van der Waals surface area (Å²) in [5.41, 5.74) is 4.47. The maximum absolute atomic E-state index is 13.5. The Bertz CT molecular complexity index is 1320. The molecule has 5 aromatic rings. The number of rotatable bonds is 4. The molecule has 2 aromatic carbocycles. The Morgan fingerprint density at radius 2 is 1.89 bits per heavy atom. The summed E-state index contributed by atoms with van der Waals surface area (Å²) in [6, 6.07) is 18.2. The van der Waals surface area contributed by atoms with Gasteiger partial charge in [0.15, 0.2) is 5.78 Å². The summed E-state index contributed by atoms with van der Waals surface area (Å²) in [6.45, 7) is 0. The lowest BCUT2D eigenvalue weighted by molar-refractivity contribution is 0.0989. The fraction of sp³-hybridized carbons (Fsp3) is 0.0455. The molecule has 0 aliphatic rings. The van der Waals surface area contributed by atoms with Gasteiger partial charge in [-0.1, -0.05) is 30.3 Å². The molecule has 0 aliphatic carbocycles. The van der Waals surface area contributed by atoms with Crippen molar-refractivity contribution in [3.8, 4) is 11.3 Å². The summed E-state index contributed by atoms with van der Waals surface area (Å²) in [7, 11) is 0. The zero-order valence-electron chi connectivity index (χ0n) is 14.7. The standard InChI is InChI=1S/C22H15FN4O/c23-16-6-7-18-17(11-16)21(27-26-18)20(28)9-13-8-15-10-19(25-22(15)24-12-13)14-4-2-1-3-5-14/h1-8,10-12H,9H2,(H,24,25)(H,26,27). The molecule has 0 fully saturated rings. The van der Waals surface area contributed by atoms with Crippen molar-refractivity contribution >= 4 is 27.7 Å². The number of aromatic amines is 2. The number of benzene rings is 2. The van der Waals surface area contributed by atoms with Gasteiger partial charge in [0.2, 0.25) is 0 Å². The number of ketones is 1. The predicted octanol–water partition coefficient (Wildman–Crippen LogP) is 4.67. The quantitative estimate of drug-likeness (QED) is 0.452. The monoisotopic (exact) mass is 370 g/mol. The number of hydrogen-bond acceptors (Lipinski definition) is 3. The lowest BCUT2D eigenvalue weighted by atomic mass is 10.1. The molecule has 0 saturated carbocycles. The third-order valence-corrected chi connectivity index (χ3v) is 4.77. The summed E-state index contributed by atoms with van der Waals surface area (Å²) in [6.07, 6.45) is 1.83. The molecule has 3 heterocycles. The summed E-state index contributed by atoms with van der Waals surface area (Å²) in [4.78, 5) is 20.5. The van der Waals surface area contributed by atoms with Crippen LogP contribution in [0.15, 0.2) is 66.9 Å². The first kappa shape index (κ1) is 16.4. The number of H-pyrrole nitrogens is 2. The van der Waals surface area contributed by atoms with E-state index >= 15 is 0 Å². The van der Waals surface area contributed by atoms with Crippen molar-refractivity contribution in [2.75, 3.05) is 0 Å². The van der Waals surface area contributed by atoms with E-state index in [9.17, 15) is 9.18 Å². The van der Waals surface area contributed by atoms with Crippen molar-refractivity contribution in [2.45, 2.75) is 6.42 Å². The molecule has 3 aromatic heterocycles. The highest BCUT2D eigenvalue weighted by Crippen LogP contribution is 2.24. The lowest BCUT2D eigenvalue weighted by Gasteiger charge is -2.00. The minimum atomic E-state index is -0.396. The maximum atomic E-state index is 13.5. The highest BCUT2D eigenvalue weighted by atomic mass is 19.1. The van der Waals surface area contributed by atoms with Crippen LogP contribution in [0.25, 0.3) is 33.2 Å². The topological polar surface area (TPSA) is 74.4 Å². The Hall–Kier alpha value is -3.80. The van der Waals surface area contributed by atoms with E-state index in [-0.39, 0.29) is 17.9 Å². The molecule has 0 saturated heterocycles. The van der Waals surface area contributed by atoms with Crippen molar-refractivity contribution in [2.24, 2.45) is 0 Å². The van der Waals surface area contributed by atoms with E-state index in [1.54, 1.807) is 12.3 Å². The number of carbonyl (C=O) groups excluding carboxylic acids is 1. The van der Waals surface area contributed by atoms with Gasteiger partial charge in [-0.3, -0.25) is 9.89 Å². The van der Waals surface area contributed by atoms with Gasteiger partial charge in [0, 0.05) is 29.1 Å². The van der Waals surface area contributed by atoms with E-state index in [1.807, 2.05) is 42.5 Å². The van der Waals surface area contributed by atoms with Gasteiger partial charge in [0.1, 0.15) is 17.2 Å². The van der Waals surface area contributed by atoms with Gasteiger partial charge < -0.3 is 4.98 Å². The molecule has 5 nitrogen and oxygen atoms in total. The molecule has 6 heteroatoms. The second-order valence-corrected chi connectivity index (χ2v) is 6.69. The first-order chi connectivity index (χ1) is 13.7. The van der Waals surface area contributed by atoms with Crippen molar-refractivity contribution in [3.05, 3.63) is 83.9 Å². The smallest absolute Gasteiger partial charge is 0.188 e. The van der Waals surface area contributed by atoms with Crippen LogP contribution in [0.1, 0.15) is 16.1 Å². The van der Waals surface area contributed by atoms with Crippen LogP contribution in [0.2, 0.25) is 0 Å².